The average molecular weight is 355 g/mol. The SMILES string of the molecule is Cc1cc(Br)ccc1NCc1cc(Cl)c2c(c1)OCO2. The van der Waals surface area contributed by atoms with Crippen LogP contribution in [0.1, 0.15) is 11.1 Å². The molecule has 3 rings (SSSR count). The Hall–Kier alpha value is -1.39. The summed E-state index contributed by atoms with van der Waals surface area (Å²) in [5.41, 5.74) is 3.34. The van der Waals surface area contributed by atoms with Crippen molar-refractivity contribution >= 4 is 33.2 Å². The maximum atomic E-state index is 6.17. The Balaban J connectivity index is 1.77. The number of ether oxygens (including phenoxy) is 2. The highest BCUT2D eigenvalue weighted by Gasteiger charge is 2.18. The predicted molar refractivity (Wildman–Crippen MR) is 83.8 cm³/mol. The van der Waals surface area contributed by atoms with Crippen LogP contribution in [-0.2, 0) is 6.54 Å². The Bertz CT molecular complexity index is 661. The third-order valence-corrected chi connectivity index (χ3v) is 3.93. The van der Waals surface area contributed by atoms with Crippen LogP contribution in [0.15, 0.2) is 34.8 Å². The topological polar surface area (TPSA) is 30.5 Å². The molecule has 1 aliphatic heterocycles. The van der Waals surface area contributed by atoms with Gasteiger partial charge in [-0.1, -0.05) is 27.5 Å². The van der Waals surface area contributed by atoms with Crippen molar-refractivity contribution in [2.24, 2.45) is 0 Å². The van der Waals surface area contributed by atoms with E-state index in [4.69, 9.17) is 21.1 Å². The summed E-state index contributed by atoms with van der Waals surface area (Å²) in [5, 5.41) is 3.99. The minimum Gasteiger partial charge on any atom is -0.454 e. The zero-order chi connectivity index (χ0) is 14.1. The molecule has 0 unspecified atom stereocenters. The first-order chi connectivity index (χ1) is 9.63. The van der Waals surface area contributed by atoms with Gasteiger partial charge in [0.1, 0.15) is 0 Å². The number of nitrogens with one attached hydrogen (secondary N) is 1. The second kappa shape index (κ2) is 5.54. The lowest BCUT2D eigenvalue weighted by molar-refractivity contribution is 0.174. The summed E-state index contributed by atoms with van der Waals surface area (Å²) in [6.07, 6.45) is 0. The number of aryl methyl sites for hydroxylation is 1. The van der Waals surface area contributed by atoms with Crippen LogP contribution < -0.4 is 14.8 Å². The lowest BCUT2D eigenvalue weighted by Crippen LogP contribution is -2.01. The van der Waals surface area contributed by atoms with Crippen molar-refractivity contribution in [3.63, 3.8) is 0 Å². The maximum absolute atomic E-state index is 6.17. The molecule has 0 aliphatic carbocycles. The number of hydrogen-bond donors (Lipinski definition) is 1. The molecule has 2 aromatic rings. The van der Waals surface area contributed by atoms with Gasteiger partial charge in [-0.25, -0.2) is 0 Å². The number of rotatable bonds is 3. The molecule has 1 N–H and O–H groups in total. The number of halogens is 2. The summed E-state index contributed by atoms with van der Waals surface area (Å²) in [5.74, 6) is 1.34. The van der Waals surface area contributed by atoms with E-state index in [0.29, 0.717) is 23.1 Å². The van der Waals surface area contributed by atoms with Gasteiger partial charge in [-0.15, -0.1) is 0 Å². The van der Waals surface area contributed by atoms with Crippen molar-refractivity contribution in [3.05, 3.63) is 51.0 Å². The first-order valence-corrected chi connectivity index (χ1v) is 7.38. The quantitative estimate of drug-likeness (QED) is 0.862. The molecule has 1 heterocycles. The predicted octanol–water partition coefficient (Wildman–Crippen LogP) is 4.75. The smallest absolute Gasteiger partial charge is 0.231 e. The van der Waals surface area contributed by atoms with Crippen LogP contribution in [0.5, 0.6) is 11.5 Å². The number of hydrogen-bond acceptors (Lipinski definition) is 3. The standard InChI is InChI=1S/C15H13BrClNO2/c1-9-4-11(16)2-3-13(9)18-7-10-5-12(17)15-14(6-10)19-8-20-15/h2-6,18H,7-8H2,1H3. The molecule has 20 heavy (non-hydrogen) atoms. The number of anilines is 1. The van der Waals surface area contributed by atoms with Gasteiger partial charge in [-0.3, -0.25) is 0 Å². The van der Waals surface area contributed by atoms with Gasteiger partial charge in [0.2, 0.25) is 6.79 Å². The average Bonchev–Trinajstić information content (AvgIpc) is 2.86. The van der Waals surface area contributed by atoms with Crippen molar-refractivity contribution in [2.75, 3.05) is 12.1 Å². The van der Waals surface area contributed by atoms with Gasteiger partial charge in [0, 0.05) is 16.7 Å². The lowest BCUT2D eigenvalue weighted by atomic mass is 10.1. The molecule has 3 nitrogen and oxygen atoms in total. The van der Waals surface area contributed by atoms with Crippen molar-refractivity contribution < 1.29 is 9.47 Å². The summed E-state index contributed by atoms with van der Waals surface area (Å²) in [7, 11) is 0. The molecular formula is C15H13BrClNO2. The van der Waals surface area contributed by atoms with E-state index < -0.39 is 0 Å². The molecule has 104 valence electrons. The summed E-state index contributed by atoms with van der Waals surface area (Å²) in [6, 6.07) is 10.00. The minimum atomic E-state index is 0.234. The van der Waals surface area contributed by atoms with E-state index in [1.807, 2.05) is 24.3 Å². The highest BCUT2D eigenvalue weighted by molar-refractivity contribution is 9.10. The molecule has 0 saturated carbocycles. The summed E-state index contributed by atoms with van der Waals surface area (Å²) >= 11 is 9.63. The molecule has 0 spiro atoms. The molecular weight excluding hydrogens is 342 g/mol. The van der Waals surface area contributed by atoms with E-state index in [9.17, 15) is 0 Å². The Morgan fingerprint density at radius 3 is 2.90 bits per heavy atom. The van der Waals surface area contributed by atoms with Crippen molar-refractivity contribution in [1.82, 2.24) is 0 Å². The van der Waals surface area contributed by atoms with Crippen molar-refractivity contribution in [3.8, 4) is 11.5 Å². The number of fused-ring (bicyclic) bond motifs is 1. The van der Waals surface area contributed by atoms with Crippen LogP contribution in [-0.4, -0.2) is 6.79 Å². The molecule has 1 aliphatic rings. The first-order valence-electron chi connectivity index (χ1n) is 6.21. The Kier molecular flexibility index (Phi) is 3.76. The van der Waals surface area contributed by atoms with Gasteiger partial charge in [0.25, 0.3) is 0 Å². The molecule has 0 aromatic heterocycles. The van der Waals surface area contributed by atoms with Crippen LogP contribution in [0.2, 0.25) is 5.02 Å². The van der Waals surface area contributed by atoms with E-state index >= 15 is 0 Å². The van der Waals surface area contributed by atoms with E-state index in [-0.39, 0.29) is 6.79 Å². The molecule has 0 atom stereocenters. The first kappa shape index (κ1) is 13.6. The summed E-state index contributed by atoms with van der Waals surface area (Å²) in [6.45, 7) is 2.98. The van der Waals surface area contributed by atoms with Crippen LogP contribution >= 0.6 is 27.5 Å². The minimum absolute atomic E-state index is 0.234. The van der Waals surface area contributed by atoms with E-state index in [1.54, 1.807) is 0 Å². The third kappa shape index (κ3) is 2.72. The zero-order valence-corrected chi connectivity index (χ0v) is 13.2. The Labute approximate surface area is 131 Å². The van der Waals surface area contributed by atoms with Crippen LogP contribution in [0.25, 0.3) is 0 Å². The second-order valence-electron chi connectivity index (χ2n) is 4.62. The Morgan fingerprint density at radius 1 is 1.25 bits per heavy atom. The molecule has 0 radical (unpaired) electrons. The molecule has 0 fully saturated rings. The highest BCUT2D eigenvalue weighted by Crippen LogP contribution is 2.39. The largest absolute Gasteiger partial charge is 0.454 e. The molecule has 0 amide bonds. The lowest BCUT2D eigenvalue weighted by Gasteiger charge is -2.11. The monoisotopic (exact) mass is 353 g/mol. The van der Waals surface area contributed by atoms with Gasteiger partial charge in [-0.2, -0.15) is 0 Å². The van der Waals surface area contributed by atoms with Crippen molar-refractivity contribution in [1.29, 1.82) is 0 Å². The van der Waals surface area contributed by atoms with Gasteiger partial charge in [-0.05, 0) is 48.4 Å². The van der Waals surface area contributed by atoms with E-state index in [2.05, 4.69) is 34.2 Å². The van der Waals surface area contributed by atoms with Crippen LogP contribution in [0, 0.1) is 6.92 Å². The summed E-state index contributed by atoms with van der Waals surface area (Å²) < 4.78 is 11.7. The third-order valence-electron chi connectivity index (χ3n) is 3.16. The Morgan fingerprint density at radius 2 is 2.10 bits per heavy atom. The van der Waals surface area contributed by atoms with Gasteiger partial charge in [0.05, 0.1) is 5.02 Å². The summed E-state index contributed by atoms with van der Waals surface area (Å²) in [4.78, 5) is 0. The number of benzene rings is 2. The van der Waals surface area contributed by atoms with E-state index in [0.717, 1.165) is 15.7 Å². The highest BCUT2D eigenvalue weighted by atomic mass is 79.9. The van der Waals surface area contributed by atoms with E-state index in [1.165, 1.54) is 5.56 Å². The molecule has 5 heteroatoms. The second-order valence-corrected chi connectivity index (χ2v) is 5.95. The van der Waals surface area contributed by atoms with Crippen LogP contribution in [0.3, 0.4) is 0 Å². The van der Waals surface area contributed by atoms with Gasteiger partial charge >= 0.3 is 0 Å². The molecule has 0 bridgehead atoms. The maximum Gasteiger partial charge on any atom is 0.231 e. The molecule has 2 aromatic carbocycles. The fourth-order valence-corrected chi connectivity index (χ4v) is 2.91. The van der Waals surface area contributed by atoms with Crippen molar-refractivity contribution in [2.45, 2.75) is 13.5 Å². The van der Waals surface area contributed by atoms with Crippen LogP contribution in [0.4, 0.5) is 5.69 Å². The van der Waals surface area contributed by atoms with Gasteiger partial charge < -0.3 is 14.8 Å². The van der Waals surface area contributed by atoms with Gasteiger partial charge in [0.15, 0.2) is 11.5 Å². The zero-order valence-electron chi connectivity index (χ0n) is 10.9. The fraction of sp³-hybridized carbons (Fsp3) is 0.200. The fourth-order valence-electron chi connectivity index (χ4n) is 2.15. The normalized spacial score (nSPS) is 12.6. The molecule has 0 saturated heterocycles.